The first kappa shape index (κ1) is 20.3. The van der Waals surface area contributed by atoms with Crippen molar-refractivity contribution in [2.24, 2.45) is 0 Å². The highest BCUT2D eigenvalue weighted by molar-refractivity contribution is 7.99. The van der Waals surface area contributed by atoms with E-state index in [1.807, 2.05) is 42.5 Å². The lowest BCUT2D eigenvalue weighted by Gasteiger charge is -2.28. The third-order valence-electron chi connectivity index (χ3n) is 5.51. The minimum Gasteiger partial charge on any atom is -0.316 e. The van der Waals surface area contributed by atoms with Crippen molar-refractivity contribution in [2.45, 2.75) is 36.9 Å². The molecule has 0 saturated heterocycles. The van der Waals surface area contributed by atoms with E-state index in [2.05, 4.69) is 66.9 Å². The maximum atomic E-state index is 10.4. The highest BCUT2D eigenvalue weighted by Crippen LogP contribution is 2.38. The largest absolute Gasteiger partial charge is 0.316 e. The first-order valence-corrected chi connectivity index (χ1v) is 11.3. The normalized spacial score (nSPS) is 11.7. The molecule has 0 amide bonds. The van der Waals surface area contributed by atoms with Crippen molar-refractivity contribution in [1.82, 2.24) is 9.55 Å². The topological polar surface area (TPSA) is 41.6 Å². The van der Waals surface area contributed by atoms with Gasteiger partial charge in [-0.3, -0.25) is 0 Å². The minimum absolute atomic E-state index is 0.323. The predicted molar refractivity (Wildman–Crippen MR) is 125 cm³/mol. The van der Waals surface area contributed by atoms with Gasteiger partial charge in [0.1, 0.15) is 5.41 Å². The predicted octanol–water partition coefficient (Wildman–Crippen LogP) is 6.61. The molecular weight excluding hydrogens is 386 g/mol. The van der Waals surface area contributed by atoms with E-state index >= 15 is 0 Å². The molecule has 0 aliphatic heterocycles. The van der Waals surface area contributed by atoms with Crippen LogP contribution in [0.1, 0.15) is 37.4 Å². The Kier molecular flexibility index (Phi) is 5.92. The second-order valence-electron chi connectivity index (χ2n) is 7.69. The number of hydrogen-bond donors (Lipinski definition) is 0. The molecule has 0 spiro atoms. The molecule has 0 radical (unpaired) electrons. The smallest absolute Gasteiger partial charge is 0.169 e. The van der Waals surface area contributed by atoms with Crippen molar-refractivity contribution in [3.05, 3.63) is 96.1 Å². The Morgan fingerprint density at radius 1 is 0.900 bits per heavy atom. The maximum absolute atomic E-state index is 10.4. The molecule has 4 heteroatoms. The Morgan fingerprint density at radius 3 is 2.03 bits per heavy atom. The summed E-state index contributed by atoms with van der Waals surface area (Å²) in [6, 6.07) is 31.5. The summed E-state index contributed by atoms with van der Waals surface area (Å²) in [6.07, 6.45) is 0.712. The zero-order valence-electron chi connectivity index (χ0n) is 17.3. The monoisotopic (exact) mass is 411 g/mol. The molecule has 0 aliphatic carbocycles. The number of fused-ring (bicyclic) bond motifs is 1. The van der Waals surface area contributed by atoms with Crippen LogP contribution in [0.4, 0.5) is 0 Å². The average Bonchev–Trinajstić information content (AvgIpc) is 3.16. The highest BCUT2D eigenvalue weighted by Gasteiger charge is 2.34. The van der Waals surface area contributed by atoms with Gasteiger partial charge < -0.3 is 4.57 Å². The fraction of sp³-hybridized carbons (Fsp3) is 0.231. The van der Waals surface area contributed by atoms with Crippen molar-refractivity contribution in [1.29, 1.82) is 5.26 Å². The number of hydrogen-bond acceptors (Lipinski definition) is 3. The van der Waals surface area contributed by atoms with E-state index in [0.29, 0.717) is 12.5 Å². The Bertz CT molecular complexity index is 1120. The van der Waals surface area contributed by atoms with Gasteiger partial charge in [0.05, 0.1) is 17.1 Å². The molecule has 0 N–H and O–H groups in total. The fourth-order valence-electron chi connectivity index (χ4n) is 4.00. The summed E-state index contributed by atoms with van der Waals surface area (Å²) in [4.78, 5) is 4.87. The molecule has 4 aromatic rings. The van der Waals surface area contributed by atoms with Crippen molar-refractivity contribution < 1.29 is 0 Å². The number of nitriles is 1. The van der Waals surface area contributed by atoms with Crippen LogP contribution in [0.2, 0.25) is 0 Å². The molecule has 0 fully saturated rings. The molecule has 0 aliphatic rings. The quantitative estimate of drug-likeness (QED) is 0.321. The molecule has 0 saturated carbocycles. The van der Waals surface area contributed by atoms with Crippen LogP contribution in [0.3, 0.4) is 0 Å². The minimum atomic E-state index is -0.676. The lowest BCUT2D eigenvalue weighted by atomic mass is 9.74. The number of imidazole rings is 1. The molecule has 3 aromatic carbocycles. The second kappa shape index (κ2) is 8.77. The van der Waals surface area contributed by atoms with Crippen LogP contribution in [-0.4, -0.2) is 15.3 Å². The molecule has 1 aromatic heterocycles. The molecular formula is C26H25N3S. The van der Waals surface area contributed by atoms with Crippen LogP contribution in [0.5, 0.6) is 0 Å². The van der Waals surface area contributed by atoms with E-state index in [0.717, 1.165) is 33.1 Å². The number of rotatable bonds is 7. The van der Waals surface area contributed by atoms with Gasteiger partial charge in [0.25, 0.3) is 0 Å². The van der Waals surface area contributed by atoms with E-state index in [9.17, 15) is 5.26 Å². The first-order valence-electron chi connectivity index (χ1n) is 10.3. The van der Waals surface area contributed by atoms with Crippen LogP contribution >= 0.6 is 11.8 Å². The van der Waals surface area contributed by atoms with Crippen molar-refractivity contribution in [2.75, 3.05) is 5.75 Å². The van der Waals surface area contributed by atoms with Crippen LogP contribution in [0.15, 0.2) is 90.1 Å². The van der Waals surface area contributed by atoms with Crippen molar-refractivity contribution >= 4 is 22.8 Å². The summed E-state index contributed by atoms with van der Waals surface area (Å²) in [5.74, 6) is 0.799. The third-order valence-corrected chi connectivity index (χ3v) is 6.47. The fourth-order valence-corrected chi connectivity index (χ4v) is 5.21. The van der Waals surface area contributed by atoms with Gasteiger partial charge in [0.2, 0.25) is 0 Å². The number of para-hydroxylation sites is 2. The van der Waals surface area contributed by atoms with Gasteiger partial charge in [-0.2, -0.15) is 5.26 Å². The number of nitrogens with zero attached hydrogens (tertiary/aromatic N) is 3. The van der Waals surface area contributed by atoms with E-state index in [1.54, 1.807) is 11.8 Å². The molecule has 0 unspecified atom stereocenters. The maximum Gasteiger partial charge on any atom is 0.169 e. The van der Waals surface area contributed by atoms with Crippen LogP contribution in [0, 0.1) is 11.3 Å². The Hall–Kier alpha value is -3.03. The summed E-state index contributed by atoms with van der Waals surface area (Å²) in [7, 11) is 0. The highest BCUT2D eigenvalue weighted by atomic mass is 32.2. The standard InChI is InChI=1S/C26H25N3S/c1-20(2)29-24-16-10-9-15-23(24)28-25(29)30-18-17-26(19-27,21-11-5-3-6-12-21)22-13-7-4-8-14-22/h3-16,20H,17-18H2,1-2H3. The van der Waals surface area contributed by atoms with Gasteiger partial charge in [-0.25, -0.2) is 4.98 Å². The lowest BCUT2D eigenvalue weighted by molar-refractivity contribution is 0.565. The molecule has 0 bridgehead atoms. The summed E-state index contributed by atoms with van der Waals surface area (Å²) in [6.45, 7) is 4.37. The molecule has 4 rings (SSSR count). The average molecular weight is 412 g/mol. The van der Waals surface area contributed by atoms with Crippen molar-refractivity contribution in [3.8, 4) is 6.07 Å². The number of benzene rings is 3. The summed E-state index contributed by atoms with van der Waals surface area (Å²) in [5, 5.41) is 11.4. The first-order chi connectivity index (χ1) is 14.7. The van der Waals surface area contributed by atoms with E-state index < -0.39 is 5.41 Å². The van der Waals surface area contributed by atoms with Crippen molar-refractivity contribution in [3.63, 3.8) is 0 Å². The van der Waals surface area contributed by atoms with Crippen LogP contribution < -0.4 is 0 Å². The van der Waals surface area contributed by atoms with Gasteiger partial charge in [-0.15, -0.1) is 0 Å². The summed E-state index contributed by atoms with van der Waals surface area (Å²) >= 11 is 1.73. The molecule has 150 valence electrons. The SMILES string of the molecule is CC(C)n1c(SCCC(C#N)(c2ccccc2)c2ccccc2)nc2ccccc21. The Labute approximate surface area is 182 Å². The van der Waals surface area contributed by atoms with Crippen LogP contribution in [0.25, 0.3) is 11.0 Å². The summed E-state index contributed by atoms with van der Waals surface area (Å²) in [5.41, 5.74) is 3.58. The van der Waals surface area contributed by atoms with Gasteiger partial charge in [-0.1, -0.05) is 84.6 Å². The van der Waals surface area contributed by atoms with Gasteiger partial charge in [0, 0.05) is 11.8 Å². The third kappa shape index (κ3) is 3.74. The zero-order valence-corrected chi connectivity index (χ0v) is 18.1. The zero-order chi connectivity index (χ0) is 21.0. The molecule has 3 nitrogen and oxygen atoms in total. The second-order valence-corrected chi connectivity index (χ2v) is 8.76. The van der Waals surface area contributed by atoms with E-state index in [1.165, 1.54) is 0 Å². The van der Waals surface area contributed by atoms with Gasteiger partial charge in [0.15, 0.2) is 5.16 Å². The lowest BCUT2D eigenvalue weighted by Crippen LogP contribution is -2.26. The van der Waals surface area contributed by atoms with E-state index in [-0.39, 0.29) is 0 Å². The number of thioether (sulfide) groups is 1. The molecule has 0 atom stereocenters. The number of aromatic nitrogens is 2. The van der Waals surface area contributed by atoms with Crippen LogP contribution in [-0.2, 0) is 5.41 Å². The summed E-state index contributed by atoms with van der Waals surface area (Å²) < 4.78 is 2.29. The molecule has 1 heterocycles. The Balaban J connectivity index is 1.66. The van der Waals surface area contributed by atoms with E-state index in [4.69, 9.17) is 4.98 Å². The Morgan fingerprint density at radius 2 is 1.47 bits per heavy atom. The van der Waals surface area contributed by atoms with Gasteiger partial charge >= 0.3 is 0 Å². The molecule has 30 heavy (non-hydrogen) atoms. The van der Waals surface area contributed by atoms with Gasteiger partial charge in [-0.05, 0) is 43.5 Å².